The predicted molar refractivity (Wildman–Crippen MR) is 125 cm³/mol. The van der Waals surface area contributed by atoms with Crippen molar-refractivity contribution in [1.82, 2.24) is 10.3 Å². The van der Waals surface area contributed by atoms with Crippen molar-refractivity contribution in [1.29, 1.82) is 5.41 Å². The standard InChI is InChI=1S/C22H19N5O3S2/c1-13-15(20(28)25-11-14-12-26-22(31-14)24-10-4-9-23)7-8-18-19(13)27-21(29)16-5-2-3-6-17(16)32(18)30/h2-10,12,23H,11H2,1H3,(H,24,26)(H,25,28)(H,27,29)/b10-4-,23-9?. The zero-order valence-electron chi connectivity index (χ0n) is 17.0. The number of thiazole rings is 1. The highest BCUT2D eigenvalue weighted by Gasteiger charge is 2.32. The predicted octanol–water partition coefficient (Wildman–Crippen LogP) is 3.69. The third-order valence-corrected chi connectivity index (χ3v) is 7.24. The van der Waals surface area contributed by atoms with Crippen molar-refractivity contribution >= 4 is 51.4 Å². The van der Waals surface area contributed by atoms with E-state index in [-0.39, 0.29) is 18.4 Å². The Balaban J connectivity index is 1.53. The molecule has 2 heterocycles. The van der Waals surface area contributed by atoms with E-state index < -0.39 is 11.2 Å². The third-order valence-electron chi connectivity index (χ3n) is 4.82. The summed E-state index contributed by atoms with van der Waals surface area (Å²) < 4.78 is 13.1. The topological polar surface area (TPSA) is 130 Å². The molecule has 1 atom stereocenters. The van der Waals surface area contributed by atoms with Gasteiger partial charge in [-0.25, -0.2) is 4.98 Å². The van der Waals surface area contributed by atoms with Crippen LogP contribution in [0.4, 0.5) is 10.8 Å². The molecule has 0 fully saturated rings. The van der Waals surface area contributed by atoms with Crippen LogP contribution in [-0.2, 0) is 17.7 Å². The number of rotatable bonds is 6. The van der Waals surface area contributed by atoms with Crippen molar-refractivity contribution in [3.63, 3.8) is 0 Å². The Labute approximate surface area is 191 Å². The van der Waals surface area contributed by atoms with Gasteiger partial charge in [0.2, 0.25) is 0 Å². The van der Waals surface area contributed by atoms with Crippen molar-refractivity contribution in [3.05, 3.63) is 76.4 Å². The van der Waals surface area contributed by atoms with E-state index in [1.54, 1.807) is 55.7 Å². The minimum atomic E-state index is -1.54. The summed E-state index contributed by atoms with van der Waals surface area (Å²) in [7, 11) is 0. The fourth-order valence-corrected chi connectivity index (χ4v) is 5.36. The smallest absolute Gasteiger partial charge is 0.260 e. The summed E-state index contributed by atoms with van der Waals surface area (Å²) in [6.07, 6.45) is 5.95. The summed E-state index contributed by atoms with van der Waals surface area (Å²) in [6, 6.07) is 10.0. The van der Waals surface area contributed by atoms with Gasteiger partial charge in [-0.1, -0.05) is 23.5 Å². The van der Waals surface area contributed by atoms with Gasteiger partial charge in [0.25, 0.3) is 11.8 Å². The number of aromatic nitrogens is 1. The summed E-state index contributed by atoms with van der Waals surface area (Å²) in [5.74, 6) is -0.659. The molecule has 2 aromatic carbocycles. The van der Waals surface area contributed by atoms with Crippen LogP contribution in [-0.4, -0.2) is 27.6 Å². The van der Waals surface area contributed by atoms with Gasteiger partial charge in [0, 0.05) is 40.2 Å². The normalized spacial score (nSPS) is 14.8. The van der Waals surface area contributed by atoms with E-state index in [2.05, 4.69) is 20.9 Å². The van der Waals surface area contributed by atoms with Crippen molar-refractivity contribution in [2.45, 2.75) is 23.3 Å². The van der Waals surface area contributed by atoms with Gasteiger partial charge >= 0.3 is 0 Å². The molecule has 1 aromatic heterocycles. The highest BCUT2D eigenvalue weighted by atomic mass is 32.2. The molecule has 2 amide bonds. The van der Waals surface area contributed by atoms with Gasteiger partial charge in [0.1, 0.15) is 5.69 Å². The number of fused-ring (bicyclic) bond motifs is 2. The molecule has 1 aliphatic rings. The Bertz CT molecular complexity index is 1240. The quantitative estimate of drug-likeness (QED) is 0.326. The lowest BCUT2D eigenvalue weighted by Gasteiger charge is -2.15. The first-order valence-corrected chi connectivity index (χ1v) is 11.6. The van der Waals surface area contributed by atoms with Gasteiger partial charge in [0.15, 0.2) is 14.9 Å². The van der Waals surface area contributed by atoms with Crippen LogP contribution in [0.25, 0.3) is 0 Å². The lowest BCUT2D eigenvalue weighted by atomic mass is 10.1. The molecule has 4 N–H and O–H groups in total. The van der Waals surface area contributed by atoms with Crippen LogP contribution >= 0.6 is 11.3 Å². The molecule has 0 saturated heterocycles. The van der Waals surface area contributed by atoms with Crippen molar-refractivity contribution in [2.75, 3.05) is 10.6 Å². The SMILES string of the molecule is Cc1c(C(=O)NCc2cnc(N/C=C\C=N)s2)ccc2c1NC(=O)c1ccccc1[S+]2[O-]. The number of amides is 2. The summed E-state index contributed by atoms with van der Waals surface area (Å²) in [4.78, 5) is 31.5. The molecule has 0 bridgehead atoms. The Hall–Kier alpha value is -3.47. The summed E-state index contributed by atoms with van der Waals surface area (Å²) in [5, 5.41) is 16.2. The number of nitrogens with one attached hydrogen (secondary N) is 4. The van der Waals surface area contributed by atoms with E-state index >= 15 is 0 Å². The van der Waals surface area contributed by atoms with Crippen LogP contribution < -0.4 is 16.0 Å². The molecule has 3 aromatic rings. The number of carbonyl (C=O) groups excluding carboxylic acids is 2. The largest absolute Gasteiger partial charge is 0.606 e. The van der Waals surface area contributed by atoms with Gasteiger partial charge in [-0.15, -0.1) is 0 Å². The highest BCUT2D eigenvalue weighted by Crippen LogP contribution is 2.36. The number of carbonyl (C=O) groups is 2. The lowest BCUT2D eigenvalue weighted by molar-refractivity contribution is 0.0949. The average molecular weight is 466 g/mol. The number of hydrogen-bond donors (Lipinski definition) is 4. The van der Waals surface area contributed by atoms with Crippen molar-refractivity contribution in [3.8, 4) is 0 Å². The fourth-order valence-electron chi connectivity index (χ4n) is 3.24. The maximum Gasteiger partial charge on any atom is 0.260 e. The lowest BCUT2D eigenvalue weighted by Crippen LogP contribution is -2.24. The average Bonchev–Trinajstić information content (AvgIpc) is 3.22. The molecule has 10 heteroatoms. The zero-order chi connectivity index (χ0) is 22.7. The molecule has 162 valence electrons. The minimum absolute atomic E-state index is 0.284. The van der Waals surface area contributed by atoms with Crippen molar-refractivity contribution in [2.24, 2.45) is 0 Å². The van der Waals surface area contributed by atoms with Crippen LogP contribution in [0.3, 0.4) is 0 Å². The molecule has 0 saturated carbocycles. The zero-order valence-corrected chi connectivity index (χ0v) is 18.6. The molecular weight excluding hydrogens is 446 g/mol. The van der Waals surface area contributed by atoms with E-state index in [1.807, 2.05) is 0 Å². The highest BCUT2D eigenvalue weighted by molar-refractivity contribution is 7.91. The van der Waals surface area contributed by atoms with E-state index in [0.29, 0.717) is 37.3 Å². The van der Waals surface area contributed by atoms with Gasteiger partial charge in [-0.2, -0.15) is 0 Å². The molecule has 1 aliphatic heterocycles. The number of allylic oxidation sites excluding steroid dienone is 1. The van der Waals surface area contributed by atoms with Gasteiger partial charge in [-0.3, -0.25) is 9.59 Å². The van der Waals surface area contributed by atoms with E-state index in [1.165, 1.54) is 17.4 Å². The first-order valence-electron chi connectivity index (χ1n) is 9.60. The van der Waals surface area contributed by atoms with Gasteiger partial charge in [0.05, 0.1) is 12.1 Å². The fraction of sp³-hybridized carbons (Fsp3) is 0.0909. The second-order valence-electron chi connectivity index (χ2n) is 6.81. The second-order valence-corrected chi connectivity index (χ2v) is 9.35. The summed E-state index contributed by atoms with van der Waals surface area (Å²) in [6.45, 7) is 2.01. The Morgan fingerprint density at radius 3 is 2.91 bits per heavy atom. The summed E-state index contributed by atoms with van der Waals surface area (Å²) >= 11 is -0.159. The maximum absolute atomic E-state index is 13.1. The Morgan fingerprint density at radius 2 is 2.09 bits per heavy atom. The molecule has 0 spiro atoms. The Morgan fingerprint density at radius 1 is 1.28 bits per heavy atom. The molecule has 0 radical (unpaired) electrons. The molecule has 4 rings (SSSR count). The third kappa shape index (κ3) is 4.28. The monoisotopic (exact) mass is 465 g/mol. The van der Waals surface area contributed by atoms with E-state index in [0.717, 1.165) is 11.1 Å². The van der Waals surface area contributed by atoms with E-state index in [9.17, 15) is 14.1 Å². The first-order chi connectivity index (χ1) is 15.5. The second kappa shape index (κ2) is 9.35. The molecule has 32 heavy (non-hydrogen) atoms. The summed E-state index contributed by atoms with van der Waals surface area (Å²) in [5.41, 5.74) is 1.71. The van der Waals surface area contributed by atoms with Crippen LogP contribution in [0.5, 0.6) is 0 Å². The molecule has 0 aliphatic carbocycles. The van der Waals surface area contributed by atoms with Crippen LogP contribution in [0.2, 0.25) is 0 Å². The number of benzene rings is 2. The van der Waals surface area contributed by atoms with Crippen molar-refractivity contribution < 1.29 is 14.1 Å². The van der Waals surface area contributed by atoms with Crippen LogP contribution in [0, 0.1) is 12.3 Å². The number of anilines is 2. The van der Waals surface area contributed by atoms with Crippen LogP contribution in [0.15, 0.2) is 64.7 Å². The van der Waals surface area contributed by atoms with Crippen LogP contribution in [0.1, 0.15) is 31.2 Å². The van der Waals surface area contributed by atoms with Gasteiger partial charge < -0.3 is 25.9 Å². The minimum Gasteiger partial charge on any atom is -0.606 e. The molecular formula is C22H19N5O3S2. The molecule has 8 nitrogen and oxygen atoms in total. The first kappa shape index (κ1) is 21.8. The number of nitrogens with zero attached hydrogens (tertiary/aromatic N) is 1. The van der Waals surface area contributed by atoms with E-state index in [4.69, 9.17) is 5.41 Å². The molecule has 1 unspecified atom stereocenters. The Kier molecular flexibility index (Phi) is 6.35. The van der Waals surface area contributed by atoms with Gasteiger partial charge in [-0.05, 0) is 42.8 Å². The number of hydrogen-bond acceptors (Lipinski definition) is 7. The maximum atomic E-state index is 13.1.